The van der Waals surface area contributed by atoms with E-state index in [1.807, 2.05) is 18.2 Å². The van der Waals surface area contributed by atoms with Crippen molar-refractivity contribution in [3.8, 4) is 0 Å². The van der Waals surface area contributed by atoms with E-state index < -0.39 is 7.12 Å². The van der Waals surface area contributed by atoms with Gasteiger partial charge in [0, 0.05) is 0 Å². The first-order chi connectivity index (χ1) is 9.20. The van der Waals surface area contributed by atoms with Crippen molar-refractivity contribution in [1.82, 2.24) is 0 Å². The van der Waals surface area contributed by atoms with Gasteiger partial charge in [0.1, 0.15) is 0 Å². The molecule has 3 heteroatoms. The first-order valence-electron chi connectivity index (χ1n) is 7.66. The molecular formula is C16H21BO2. The summed E-state index contributed by atoms with van der Waals surface area (Å²) in [6.45, 7) is 0. The van der Waals surface area contributed by atoms with Gasteiger partial charge in [-0.2, -0.15) is 0 Å². The molecule has 0 aliphatic heterocycles. The molecule has 0 atom stereocenters. The van der Waals surface area contributed by atoms with Crippen molar-refractivity contribution < 1.29 is 10.0 Å². The first kappa shape index (κ1) is 12.0. The molecular weight excluding hydrogens is 235 g/mol. The predicted molar refractivity (Wildman–Crippen MR) is 76.1 cm³/mol. The smallest absolute Gasteiger partial charge is 0.423 e. The van der Waals surface area contributed by atoms with Gasteiger partial charge in [0.25, 0.3) is 0 Å². The van der Waals surface area contributed by atoms with E-state index in [-0.39, 0.29) is 0 Å². The highest BCUT2D eigenvalue weighted by molar-refractivity contribution is 6.58. The fourth-order valence-corrected chi connectivity index (χ4v) is 5.40. The van der Waals surface area contributed by atoms with Crippen LogP contribution in [0.5, 0.6) is 0 Å². The van der Waals surface area contributed by atoms with Crippen LogP contribution >= 0.6 is 0 Å². The molecule has 0 heterocycles. The molecule has 0 amide bonds. The van der Waals surface area contributed by atoms with Crippen LogP contribution in [0, 0.1) is 23.7 Å². The molecule has 4 aliphatic carbocycles. The second-order valence-corrected chi connectivity index (χ2v) is 7.00. The summed E-state index contributed by atoms with van der Waals surface area (Å²) in [6, 6.07) is 8.01. The zero-order valence-corrected chi connectivity index (χ0v) is 11.2. The van der Waals surface area contributed by atoms with Crippen molar-refractivity contribution in [3.63, 3.8) is 0 Å². The second kappa shape index (κ2) is 4.36. The lowest BCUT2D eigenvalue weighted by Gasteiger charge is -2.54. The van der Waals surface area contributed by atoms with Crippen LogP contribution in [-0.2, 0) is 0 Å². The molecule has 0 spiro atoms. The minimum Gasteiger partial charge on any atom is -0.423 e. The molecule has 5 rings (SSSR count). The zero-order chi connectivity index (χ0) is 13.0. The summed E-state index contributed by atoms with van der Waals surface area (Å²) in [4.78, 5) is 0. The Morgan fingerprint density at radius 2 is 1.53 bits per heavy atom. The molecule has 2 N–H and O–H groups in total. The number of benzene rings is 1. The van der Waals surface area contributed by atoms with Crippen molar-refractivity contribution in [2.24, 2.45) is 23.7 Å². The van der Waals surface area contributed by atoms with Crippen LogP contribution in [0.2, 0.25) is 0 Å². The third-order valence-electron chi connectivity index (χ3n) is 5.82. The Morgan fingerprint density at radius 1 is 0.895 bits per heavy atom. The van der Waals surface area contributed by atoms with Gasteiger partial charge < -0.3 is 10.0 Å². The normalized spacial score (nSPS) is 39.6. The van der Waals surface area contributed by atoms with E-state index in [0.717, 1.165) is 23.7 Å². The van der Waals surface area contributed by atoms with Crippen LogP contribution in [0.1, 0.15) is 43.6 Å². The molecule has 0 aromatic heterocycles. The van der Waals surface area contributed by atoms with Crippen molar-refractivity contribution in [1.29, 1.82) is 0 Å². The van der Waals surface area contributed by atoms with Crippen molar-refractivity contribution in [3.05, 3.63) is 29.8 Å². The predicted octanol–water partition coefficient (Wildman–Crippen LogP) is 1.91. The van der Waals surface area contributed by atoms with Crippen LogP contribution in [0.4, 0.5) is 0 Å². The molecule has 4 aliphatic rings. The van der Waals surface area contributed by atoms with E-state index in [1.165, 1.54) is 37.7 Å². The van der Waals surface area contributed by atoms with Crippen LogP contribution in [0.15, 0.2) is 24.3 Å². The summed E-state index contributed by atoms with van der Waals surface area (Å²) in [5, 5.41) is 18.7. The highest BCUT2D eigenvalue weighted by atomic mass is 16.4. The minimum absolute atomic E-state index is 0.645. The highest BCUT2D eigenvalue weighted by Gasteiger charge is 2.48. The number of hydrogen-bond donors (Lipinski definition) is 2. The molecule has 0 saturated heterocycles. The van der Waals surface area contributed by atoms with E-state index in [0.29, 0.717) is 11.4 Å². The summed E-state index contributed by atoms with van der Waals surface area (Å²) >= 11 is 0. The van der Waals surface area contributed by atoms with Gasteiger partial charge in [-0.25, -0.2) is 0 Å². The second-order valence-electron chi connectivity index (χ2n) is 7.00. The number of hydrogen-bond acceptors (Lipinski definition) is 2. The standard InChI is InChI=1S/C16H21BO2/c18-17(19)15-3-1-2-12(9-15)16-13-5-10-4-11(7-13)8-14(16)6-10/h1-3,9-11,13-14,16,18-19H,4-8H2. The van der Waals surface area contributed by atoms with Crippen LogP contribution in [0.3, 0.4) is 0 Å². The Balaban J connectivity index is 1.67. The van der Waals surface area contributed by atoms with Crippen LogP contribution in [-0.4, -0.2) is 17.2 Å². The number of rotatable bonds is 2. The molecule has 100 valence electrons. The van der Waals surface area contributed by atoms with Gasteiger partial charge in [0.15, 0.2) is 0 Å². The highest BCUT2D eigenvalue weighted by Crippen LogP contribution is 2.59. The zero-order valence-electron chi connectivity index (χ0n) is 11.2. The average Bonchev–Trinajstić information content (AvgIpc) is 2.37. The Bertz CT molecular complexity index is 457. The molecule has 4 fully saturated rings. The van der Waals surface area contributed by atoms with Gasteiger partial charge >= 0.3 is 7.12 Å². The van der Waals surface area contributed by atoms with E-state index in [4.69, 9.17) is 0 Å². The Labute approximate surface area is 115 Å². The lowest BCUT2D eigenvalue weighted by atomic mass is 9.50. The largest absolute Gasteiger partial charge is 0.488 e. The van der Waals surface area contributed by atoms with Gasteiger partial charge in [0.2, 0.25) is 0 Å². The molecule has 1 aromatic carbocycles. The van der Waals surface area contributed by atoms with Crippen molar-refractivity contribution in [2.45, 2.75) is 38.0 Å². The third kappa shape index (κ3) is 1.95. The molecule has 4 saturated carbocycles. The Kier molecular flexibility index (Phi) is 2.75. The van der Waals surface area contributed by atoms with E-state index in [1.54, 1.807) is 0 Å². The van der Waals surface area contributed by atoms with Crippen LogP contribution in [0.25, 0.3) is 0 Å². The molecule has 2 nitrogen and oxygen atoms in total. The Hall–Kier alpha value is -0.795. The average molecular weight is 256 g/mol. The lowest BCUT2D eigenvalue weighted by molar-refractivity contribution is -0.00275. The first-order valence-corrected chi connectivity index (χ1v) is 7.66. The summed E-state index contributed by atoms with van der Waals surface area (Å²) in [7, 11) is -1.34. The molecule has 4 bridgehead atoms. The topological polar surface area (TPSA) is 40.5 Å². The van der Waals surface area contributed by atoms with Gasteiger partial charge in [-0.3, -0.25) is 0 Å². The fraction of sp³-hybridized carbons (Fsp3) is 0.625. The van der Waals surface area contributed by atoms with Crippen LogP contribution < -0.4 is 5.46 Å². The van der Waals surface area contributed by atoms with Gasteiger partial charge in [-0.15, -0.1) is 0 Å². The maximum atomic E-state index is 9.35. The molecule has 0 radical (unpaired) electrons. The lowest BCUT2D eigenvalue weighted by Crippen LogP contribution is -2.44. The minimum atomic E-state index is -1.34. The Morgan fingerprint density at radius 3 is 2.11 bits per heavy atom. The maximum absolute atomic E-state index is 9.35. The van der Waals surface area contributed by atoms with Gasteiger partial charge in [-0.1, -0.05) is 24.3 Å². The quantitative estimate of drug-likeness (QED) is 0.793. The maximum Gasteiger partial charge on any atom is 0.488 e. The van der Waals surface area contributed by atoms with Gasteiger partial charge in [0.05, 0.1) is 0 Å². The molecule has 0 unspecified atom stereocenters. The summed E-state index contributed by atoms with van der Waals surface area (Å²) in [6.07, 6.45) is 7.11. The summed E-state index contributed by atoms with van der Waals surface area (Å²) < 4.78 is 0. The SMILES string of the molecule is OB(O)c1cccc(C2C3CC4CC(C3)CC2C4)c1. The van der Waals surface area contributed by atoms with Gasteiger partial charge in [-0.05, 0) is 72.7 Å². The van der Waals surface area contributed by atoms with E-state index >= 15 is 0 Å². The third-order valence-corrected chi connectivity index (χ3v) is 5.82. The van der Waals surface area contributed by atoms with E-state index in [2.05, 4.69) is 6.07 Å². The van der Waals surface area contributed by atoms with Crippen molar-refractivity contribution >= 4 is 12.6 Å². The fourth-order valence-electron chi connectivity index (χ4n) is 5.40. The van der Waals surface area contributed by atoms with Crippen molar-refractivity contribution in [2.75, 3.05) is 0 Å². The molecule has 1 aromatic rings. The van der Waals surface area contributed by atoms with E-state index in [9.17, 15) is 10.0 Å². The summed E-state index contributed by atoms with van der Waals surface area (Å²) in [5.41, 5.74) is 1.99. The summed E-state index contributed by atoms with van der Waals surface area (Å²) in [5.74, 6) is 4.35. The monoisotopic (exact) mass is 256 g/mol. The molecule has 19 heavy (non-hydrogen) atoms.